The highest BCUT2D eigenvalue weighted by atomic mass is 32.1. The van der Waals surface area contributed by atoms with E-state index in [0.29, 0.717) is 45.8 Å². The number of imide groups is 1. The minimum atomic E-state index is -0.814. The van der Waals surface area contributed by atoms with Crippen molar-refractivity contribution >= 4 is 35.0 Å². The van der Waals surface area contributed by atoms with Gasteiger partial charge in [0.15, 0.2) is 0 Å². The van der Waals surface area contributed by atoms with E-state index in [2.05, 4.69) is 0 Å². The molecule has 3 aliphatic rings. The Kier molecular flexibility index (Phi) is 5.56. The van der Waals surface area contributed by atoms with Crippen LogP contribution in [-0.4, -0.2) is 77.6 Å². The molecule has 0 N–H and O–H groups in total. The van der Waals surface area contributed by atoms with Gasteiger partial charge in [-0.05, 0) is 36.1 Å². The van der Waals surface area contributed by atoms with E-state index in [1.165, 1.54) is 35.6 Å². The lowest BCUT2D eigenvalue weighted by molar-refractivity contribution is -0.124. The fourth-order valence-electron chi connectivity index (χ4n) is 4.66. The number of benzene rings is 1. The molecular formula is C22H23FN4O4S. The summed E-state index contributed by atoms with van der Waals surface area (Å²) in [7, 11) is 0. The zero-order valence-electron chi connectivity index (χ0n) is 17.4. The second-order valence-electron chi connectivity index (χ2n) is 8.02. The molecule has 32 heavy (non-hydrogen) atoms. The fourth-order valence-corrected chi connectivity index (χ4v) is 5.36. The molecule has 0 unspecified atom stereocenters. The van der Waals surface area contributed by atoms with Gasteiger partial charge in [0.2, 0.25) is 0 Å². The Bertz CT molecular complexity index is 1030. The number of amides is 5. The van der Waals surface area contributed by atoms with Gasteiger partial charge in [-0.15, -0.1) is 11.3 Å². The highest BCUT2D eigenvalue weighted by molar-refractivity contribution is 7.09. The van der Waals surface area contributed by atoms with Gasteiger partial charge in [-0.3, -0.25) is 4.79 Å². The molecule has 8 nitrogen and oxygen atoms in total. The molecule has 0 saturated carbocycles. The normalized spacial score (nSPS) is 23.7. The third-order valence-electron chi connectivity index (χ3n) is 6.18. The second-order valence-corrected chi connectivity index (χ2v) is 9.05. The monoisotopic (exact) mass is 458 g/mol. The van der Waals surface area contributed by atoms with Crippen LogP contribution in [0.15, 0.2) is 41.8 Å². The molecule has 0 radical (unpaired) electrons. The average Bonchev–Trinajstić information content (AvgIpc) is 3.47. The number of morpholine rings is 1. The number of likely N-dealkylation sites (tertiary alicyclic amines) is 1. The molecule has 5 amide bonds. The first-order valence-corrected chi connectivity index (χ1v) is 11.5. The highest BCUT2D eigenvalue weighted by Crippen LogP contribution is 2.35. The lowest BCUT2D eigenvalue weighted by Crippen LogP contribution is -2.66. The molecule has 0 bridgehead atoms. The van der Waals surface area contributed by atoms with Gasteiger partial charge in [-0.1, -0.05) is 12.1 Å². The number of halogens is 1. The molecule has 10 heteroatoms. The van der Waals surface area contributed by atoms with Crippen LogP contribution in [0.1, 0.15) is 11.3 Å². The maximum atomic E-state index is 14.0. The summed E-state index contributed by atoms with van der Waals surface area (Å²) in [6.07, 6.45) is 0.514. The summed E-state index contributed by atoms with van der Waals surface area (Å²) in [5, 5.41) is 1.93. The lowest BCUT2D eigenvalue weighted by atomic mass is 10.0. The third kappa shape index (κ3) is 3.63. The van der Waals surface area contributed by atoms with E-state index in [4.69, 9.17) is 4.74 Å². The third-order valence-corrected chi connectivity index (χ3v) is 7.04. The number of ether oxygens (including phenoxy) is 1. The number of hydrogen-bond acceptors (Lipinski definition) is 5. The summed E-state index contributed by atoms with van der Waals surface area (Å²) < 4.78 is 19.3. The Balaban J connectivity index is 1.50. The number of urea groups is 2. The van der Waals surface area contributed by atoms with Gasteiger partial charge < -0.3 is 19.4 Å². The molecule has 1 aromatic carbocycles. The Morgan fingerprint density at radius 3 is 2.66 bits per heavy atom. The molecule has 0 aliphatic carbocycles. The van der Waals surface area contributed by atoms with Crippen molar-refractivity contribution in [3.8, 4) is 0 Å². The smallest absolute Gasteiger partial charge is 0.332 e. The van der Waals surface area contributed by atoms with E-state index in [1.807, 2.05) is 17.5 Å². The number of rotatable bonds is 3. The molecule has 2 atom stereocenters. The van der Waals surface area contributed by atoms with Crippen molar-refractivity contribution in [1.82, 2.24) is 14.7 Å². The maximum Gasteiger partial charge on any atom is 0.332 e. The van der Waals surface area contributed by atoms with E-state index >= 15 is 0 Å². The summed E-state index contributed by atoms with van der Waals surface area (Å²) in [6.45, 7) is 2.55. The molecular weight excluding hydrogens is 435 g/mol. The van der Waals surface area contributed by atoms with Crippen molar-refractivity contribution in [2.24, 2.45) is 0 Å². The van der Waals surface area contributed by atoms with Gasteiger partial charge in [0.05, 0.1) is 31.5 Å². The van der Waals surface area contributed by atoms with Crippen molar-refractivity contribution in [3.63, 3.8) is 0 Å². The van der Waals surface area contributed by atoms with Crippen molar-refractivity contribution < 1.29 is 23.5 Å². The van der Waals surface area contributed by atoms with Crippen LogP contribution >= 0.6 is 11.3 Å². The van der Waals surface area contributed by atoms with E-state index in [1.54, 1.807) is 14.7 Å². The molecule has 4 heterocycles. The predicted molar refractivity (Wildman–Crippen MR) is 116 cm³/mol. The van der Waals surface area contributed by atoms with Crippen molar-refractivity contribution in [3.05, 3.63) is 52.5 Å². The minimum absolute atomic E-state index is 0.167. The molecule has 0 spiro atoms. The first-order chi connectivity index (χ1) is 15.5. The van der Waals surface area contributed by atoms with Gasteiger partial charge in [0.25, 0.3) is 5.91 Å². The summed E-state index contributed by atoms with van der Waals surface area (Å²) >= 11 is 1.52. The number of nitrogens with zero attached hydrogens (tertiary/aromatic N) is 4. The number of carbonyl (C=O) groups excluding carboxylic acids is 3. The van der Waals surface area contributed by atoms with Crippen molar-refractivity contribution in [2.45, 2.75) is 25.0 Å². The van der Waals surface area contributed by atoms with Crippen LogP contribution in [0, 0.1) is 5.82 Å². The van der Waals surface area contributed by atoms with Crippen LogP contribution in [-0.2, 0) is 16.1 Å². The largest absolute Gasteiger partial charge is 0.378 e. The molecule has 1 aromatic heterocycles. The van der Waals surface area contributed by atoms with E-state index < -0.39 is 29.8 Å². The van der Waals surface area contributed by atoms with E-state index in [0.717, 1.165) is 9.78 Å². The maximum absolute atomic E-state index is 14.0. The second kappa shape index (κ2) is 8.51. The number of fused-ring (bicyclic) bond motifs is 1. The Morgan fingerprint density at radius 1 is 1.12 bits per heavy atom. The quantitative estimate of drug-likeness (QED) is 0.709. The van der Waals surface area contributed by atoms with Crippen molar-refractivity contribution in [1.29, 1.82) is 0 Å². The Hall–Kier alpha value is -2.98. The zero-order chi connectivity index (χ0) is 22.2. The van der Waals surface area contributed by atoms with Crippen LogP contribution < -0.4 is 4.90 Å². The molecule has 3 aliphatic heterocycles. The van der Waals surface area contributed by atoms with E-state index in [9.17, 15) is 18.8 Å². The van der Waals surface area contributed by atoms with Crippen LogP contribution in [0.25, 0.3) is 0 Å². The summed E-state index contributed by atoms with van der Waals surface area (Å²) in [6, 6.07) is 7.32. The van der Waals surface area contributed by atoms with Crippen LogP contribution in [0.5, 0.6) is 0 Å². The van der Waals surface area contributed by atoms with Gasteiger partial charge in [0, 0.05) is 24.5 Å². The zero-order valence-corrected chi connectivity index (χ0v) is 18.2. The highest BCUT2D eigenvalue weighted by Gasteiger charge is 2.54. The lowest BCUT2D eigenvalue weighted by Gasteiger charge is -2.44. The fraction of sp³-hybridized carbons (Fsp3) is 0.409. The first kappa shape index (κ1) is 20.9. The SMILES string of the molecule is O=C1[C@@H]2[C@@H](CCN2C(=O)N2CCOCC2)N(Cc2cccs2)C(=O)N1c1cccc(F)c1. The molecule has 2 aromatic rings. The summed E-state index contributed by atoms with van der Waals surface area (Å²) in [5.41, 5.74) is 0.167. The molecule has 3 saturated heterocycles. The molecule has 168 valence electrons. The number of carbonyl (C=O) groups is 3. The Morgan fingerprint density at radius 2 is 1.94 bits per heavy atom. The summed E-state index contributed by atoms with van der Waals surface area (Å²) in [5.74, 6) is -1.03. The molecule has 3 fully saturated rings. The minimum Gasteiger partial charge on any atom is -0.378 e. The summed E-state index contributed by atoms with van der Waals surface area (Å²) in [4.78, 5) is 47.2. The Labute approximate surface area is 188 Å². The van der Waals surface area contributed by atoms with Gasteiger partial charge >= 0.3 is 12.1 Å². The van der Waals surface area contributed by atoms with Crippen LogP contribution in [0.2, 0.25) is 0 Å². The van der Waals surface area contributed by atoms with Crippen molar-refractivity contribution in [2.75, 3.05) is 37.7 Å². The van der Waals surface area contributed by atoms with Crippen LogP contribution in [0.4, 0.5) is 19.7 Å². The average molecular weight is 459 g/mol. The predicted octanol–water partition coefficient (Wildman–Crippen LogP) is 2.75. The number of anilines is 1. The molecule has 5 rings (SSSR count). The first-order valence-electron chi connectivity index (χ1n) is 10.6. The topological polar surface area (TPSA) is 73.4 Å². The van der Waals surface area contributed by atoms with Gasteiger partial charge in [0.1, 0.15) is 11.9 Å². The van der Waals surface area contributed by atoms with Crippen LogP contribution in [0.3, 0.4) is 0 Å². The van der Waals surface area contributed by atoms with E-state index in [-0.39, 0.29) is 11.7 Å². The standard InChI is InChI=1S/C22H23FN4O4S/c23-15-3-1-4-16(13-15)27-20(28)19-18(26(22(27)30)14-17-5-2-12-32-17)6-7-25(19)21(29)24-8-10-31-11-9-24/h1-5,12-13,18-19H,6-11,14H2/t18-,19+/m1/s1. The number of hydrogen-bond donors (Lipinski definition) is 0. The number of thiophene rings is 1. The van der Waals surface area contributed by atoms with Gasteiger partial charge in [-0.25, -0.2) is 18.9 Å². The van der Waals surface area contributed by atoms with Gasteiger partial charge in [-0.2, -0.15) is 0 Å².